The van der Waals surface area contributed by atoms with Crippen molar-refractivity contribution in [3.8, 4) is 11.5 Å². The van der Waals surface area contributed by atoms with Gasteiger partial charge in [0.05, 0.1) is 5.56 Å². The molecule has 0 spiro atoms. The van der Waals surface area contributed by atoms with E-state index in [1.54, 1.807) is 11.0 Å². The second kappa shape index (κ2) is 8.32. The molecule has 25 heavy (non-hydrogen) atoms. The van der Waals surface area contributed by atoms with E-state index in [0.29, 0.717) is 12.8 Å². The lowest BCUT2D eigenvalue weighted by Crippen LogP contribution is -2.80. The van der Waals surface area contributed by atoms with Gasteiger partial charge >= 0.3 is 6.09 Å². The second-order valence-corrected chi connectivity index (χ2v) is 6.14. The zero-order valence-electron chi connectivity index (χ0n) is 14.4. The van der Waals surface area contributed by atoms with Crippen molar-refractivity contribution in [2.45, 2.75) is 38.8 Å². The summed E-state index contributed by atoms with van der Waals surface area (Å²) in [4.78, 5) is 28.6. The smallest absolute Gasteiger partial charge is 0.415 e. The minimum absolute atomic E-state index is 0.0402. The number of carbonyl (C=O) groups is 2. The van der Waals surface area contributed by atoms with Crippen molar-refractivity contribution in [2.75, 3.05) is 6.54 Å². The molecule has 1 unspecified atom stereocenters. The van der Waals surface area contributed by atoms with Gasteiger partial charge in [-0.25, -0.2) is 9.79 Å². The van der Waals surface area contributed by atoms with Gasteiger partial charge in [0.15, 0.2) is 12.0 Å². The van der Waals surface area contributed by atoms with E-state index in [9.17, 15) is 14.7 Å². The average molecular weight is 346 g/mol. The van der Waals surface area contributed by atoms with Crippen molar-refractivity contribution in [3.63, 3.8) is 0 Å². The van der Waals surface area contributed by atoms with E-state index in [-0.39, 0.29) is 29.1 Å². The highest BCUT2D eigenvalue weighted by Gasteiger charge is 2.36. The highest BCUT2D eigenvalue weighted by atomic mass is 16.6. The molecule has 1 atom stereocenters. The van der Waals surface area contributed by atoms with Gasteiger partial charge in [-0.05, 0) is 38.8 Å². The van der Waals surface area contributed by atoms with Gasteiger partial charge in [0.25, 0.3) is 0 Å². The molecular formula is C18H24N3O4+. The zero-order chi connectivity index (χ0) is 18.4. The number of carbonyl (C=O) groups excluding carboxylic acids is 2. The maximum absolute atomic E-state index is 12.6. The molecule has 1 aliphatic heterocycles. The number of benzene rings is 1. The minimum Gasteiger partial charge on any atom is -0.507 e. The van der Waals surface area contributed by atoms with Crippen LogP contribution in [0, 0.1) is 0 Å². The summed E-state index contributed by atoms with van der Waals surface area (Å²) in [7, 11) is 0. The normalized spacial score (nSPS) is 18.1. The van der Waals surface area contributed by atoms with Gasteiger partial charge in [-0.2, -0.15) is 0 Å². The van der Waals surface area contributed by atoms with Gasteiger partial charge in [0, 0.05) is 18.8 Å². The van der Waals surface area contributed by atoms with Crippen LogP contribution in [-0.2, 0) is 0 Å². The Morgan fingerprint density at radius 3 is 2.88 bits per heavy atom. The summed E-state index contributed by atoms with van der Waals surface area (Å²) in [5.41, 5.74) is 6.33. The maximum atomic E-state index is 12.6. The number of hydrogen-bond acceptors (Lipinski definition) is 5. The number of likely N-dealkylation sites (tertiary alicyclic amines) is 1. The van der Waals surface area contributed by atoms with Crippen LogP contribution in [0.4, 0.5) is 4.79 Å². The van der Waals surface area contributed by atoms with Crippen LogP contribution in [0.5, 0.6) is 11.5 Å². The van der Waals surface area contributed by atoms with E-state index < -0.39 is 6.09 Å². The zero-order valence-corrected chi connectivity index (χ0v) is 14.4. The number of amides is 1. The molecule has 0 radical (unpaired) electrons. The van der Waals surface area contributed by atoms with E-state index in [1.807, 2.05) is 13.8 Å². The van der Waals surface area contributed by atoms with Crippen molar-refractivity contribution in [2.24, 2.45) is 5.73 Å². The van der Waals surface area contributed by atoms with Gasteiger partial charge < -0.3 is 15.6 Å². The van der Waals surface area contributed by atoms with E-state index in [1.165, 1.54) is 24.4 Å². The van der Waals surface area contributed by atoms with Crippen LogP contribution in [0.2, 0.25) is 0 Å². The molecule has 1 aliphatic rings. The molecule has 7 heteroatoms. The topological polar surface area (TPSA) is 107 Å². The third kappa shape index (κ3) is 4.37. The molecule has 0 aliphatic carbocycles. The Labute approximate surface area is 146 Å². The number of phenolic OH excluding ortho intramolecular Hbond substituents is 1. The molecule has 0 saturated carbocycles. The van der Waals surface area contributed by atoms with Crippen LogP contribution < -0.4 is 15.5 Å². The van der Waals surface area contributed by atoms with E-state index in [2.05, 4.69) is 4.99 Å². The fourth-order valence-electron chi connectivity index (χ4n) is 2.89. The summed E-state index contributed by atoms with van der Waals surface area (Å²) >= 11 is 0. The van der Waals surface area contributed by atoms with Crippen molar-refractivity contribution in [1.82, 2.24) is 4.90 Å². The van der Waals surface area contributed by atoms with Gasteiger partial charge in [-0.1, -0.05) is 6.07 Å². The standard InChI is InChI=1S/C18H23N3O4/c1-12(2)20-14(8-9-19)15-5-4-10-21(15)18(24)25-17-7-3-6-16(23)13(17)11-22/h3,6-9,11-12,15,23H,4-5,10,19H2,1-2H3/p+1. The molecule has 1 heterocycles. The molecule has 134 valence electrons. The Morgan fingerprint density at radius 2 is 2.24 bits per heavy atom. The average Bonchev–Trinajstić information content (AvgIpc) is 3.04. The number of nitrogens with zero attached hydrogens (tertiary/aromatic N) is 1. The minimum atomic E-state index is -0.565. The van der Waals surface area contributed by atoms with Crippen molar-refractivity contribution < 1.29 is 24.4 Å². The molecule has 1 aromatic rings. The molecule has 7 nitrogen and oxygen atoms in total. The first-order valence-corrected chi connectivity index (χ1v) is 8.25. The van der Waals surface area contributed by atoms with Crippen LogP contribution in [0.3, 0.4) is 0 Å². The second-order valence-electron chi connectivity index (χ2n) is 6.14. The quantitative estimate of drug-likeness (QED) is 0.534. The predicted octanol–water partition coefficient (Wildman–Crippen LogP) is 0.570. The first-order chi connectivity index (χ1) is 12.0. The molecule has 1 saturated heterocycles. The Bertz CT molecular complexity index is 698. The SMILES string of the molecule is CC(C)[NH+]=C(C=CN)C1CCCN1C(=O)Oc1cccc(O)c1C=O. The van der Waals surface area contributed by atoms with E-state index in [4.69, 9.17) is 10.5 Å². The molecule has 1 amide bonds. The van der Waals surface area contributed by atoms with Gasteiger partial charge in [-0.3, -0.25) is 9.69 Å². The fourth-order valence-corrected chi connectivity index (χ4v) is 2.89. The van der Waals surface area contributed by atoms with Crippen LogP contribution >= 0.6 is 0 Å². The number of aromatic hydroxyl groups is 1. The van der Waals surface area contributed by atoms with Gasteiger partial charge in [0.1, 0.15) is 23.6 Å². The van der Waals surface area contributed by atoms with E-state index >= 15 is 0 Å². The van der Waals surface area contributed by atoms with Crippen LogP contribution in [-0.4, -0.2) is 46.7 Å². The van der Waals surface area contributed by atoms with Crippen molar-refractivity contribution in [1.29, 1.82) is 0 Å². The van der Waals surface area contributed by atoms with Gasteiger partial charge in [-0.15, -0.1) is 0 Å². The lowest BCUT2D eigenvalue weighted by molar-refractivity contribution is -0.494. The number of nitrogens with two attached hydrogens (primary N) is 1. The van der Waals surface area contributed by atoms with Crippen LogP contribution in [0.25, 0.3) is 0 Å². The molecule has 0 bridgehead atoms. The molecule has 2 rings (SSSR count). The molecular weight excluding hydrogens is 322 g/mol. The highest BCUT2D eigenvalue weighted by molar-refractivity contribution is 5.97. The summed E-state index contributed by atoms with van der Waals surface area (Å²) in [5.74, 6) is -0.184. The fraction of sp³-hybridized carbons (Fsp3) is 0.389. The number of nitrogens with one attached hydrogen (secondary N) is 1. The largest absolute Gasteiger partial charge is 0.507 e. The Hall–Kier alpha value is -2.83. The monoisotopic (exact) mass is 346 g/mol. The lowest BCUT2D eigenvalue weighted by atomic mass is 10.1. The molecule has 0 aromatic heterocycles. The van der Waals surface area contributed by atoms with Crippen molar-refractivity contribution in [3.05, 3.63) is 36.0 Å². The van der Waals surface area contributed by atoms with Crippen LogP contribution in [0.1, 0.15) is 37.0 Å². The summed E-state index contributed by atoms with van der Waals surface area (Å²) < 4.78 is 5.36. The number of hydrogen-bond donors (Lipinski definition) is 3. The highest BCUT2D eigenvalue weighted by Crippen LogP contribution is 2.27. The lowest BCUT2D eigenvalue weighted by Gasteiger charge is -2.22. The Morgan fingerprint density at radius 1 is 1.48 bits per heavy atom. The van der Waals surface area contributed by atoms with E-state index in [0.717, 1.165) is 18.6 Å². The number of phenols is 1. The van der Waals surface area contributed by atoms with Crippen molar-refractivity contribution >= 4 is 18.1 Å². The number of aldehydes is 1. The van der Waals surface area contributed by atoms with Gasteiger partial charge in [0.2, 0.25) is 0 Å². The Kier molecular flexibility index (Phi) is 6.16. The summed E-state index contributed by atoms with van der Waals surface area (Å²) in [6.45, 7) is 4.55. The summed E-state index contributed by atoms with van der Waals surface area (Å²) in [5, 5.41) is 9.71. The molecule has 1 fully saturated rings. The maximum Gasteiger partial charge on any atom is 0.415 e. The van der Waals surface area contributed by atoms with Crippen LogP contribution in [0.15, 0.2) is 30.5 Å². The third-order valence-corrected chi connectivity index (χ3v) is 3.94. The number of rotatable bonds is 5. The molecule has 1 aromatic carbocycles. The Balaban J connectivity index is 2.23. The summed E-state index contributed by atoms with van der Waals surface area (Å²) in [6.07, 6.45) is 4.71. The third-order valence-electron chi connectivity index (χ3n) is 3.94. The summed E-state index contributed by atoms with van der Waals surface area (Å²) in [6, 6.07) is 4.37. The number of ether oxygens (including phenoxy) is 1. The predicted molar refractivity (Wildman–Crippen MR) is 93.7 cm³/mol. The first-order valence-electron chi connectivity index (χ1n) is 8.25. The molecule has 4 N–H and O–H groups in total. The first kappa shape index (κ1) is 18.5.